The van der Waals surface area contributed by atoms with E-state index in [4.69, 9.17) is 0 Å². The van der Waals surface area contributed by atoms with Crippen molar-refractivity contribution >= 4 is 27.3 Å². The summed E-state index contributed by atoms with van der Waals surface area (Å²) in [7, 11) is -1.84. The SMILES string of the molecule is CCc1cccc(CC)c1NC(=O)c1ccc(N(C)S(C)(=O)=O)cc1. The number of para-hydroxylation sites is 1. The van der Waals surface area contributed by atoms with E-state index >= 15 is 0 Å². The van der Waals surface area contributed by atoms with Crippen molar-refractivity contribution in [2.45, 2.75) is 26.7 Å². The minimum atomic E-state index is -3.32. The Labute approximate surface area is 149 Å². The molecule has 1 amide bonds. The fourth-order valence-electron chi connectivity index (χ4n) is 2.60. The Morgan fingerprint density at radius 3 is 1.96 bits per heavy atom. The lowest BCUT2D eigenvalue weighted by Gasteiger charge is -2.17. The van der Waals surface area contributed by atoms with Crippen molar-refractivity contribution in [3.63, 3.8) is 0 Å². The third-order valence-corrected chi connectivity index (χ3v) is 5.43. The van der Waals surface area contributed by atoms with E-state index in [0.29, 0.717) is 11.3 Å². The maximum Gasteiger partial charge on any atom is 0.255 e. The molecule has 0 radical (unpaired) electrons. The number of hydrogen-bond donors (Lipinski definition) is 1. The first-order chi connectivity index (χ1) is 11.8. The van der Waals surface area contributed by atoms with Gasteiger partial charge in [0, 0.05) is 18.3 Å². The van der Waals surface area contributed by atoms with Gasteiger partial charge in [0.15, 0.2) is 0 Å². The fourth-order valence-corrected chi connectivity index (χ4v) is 3.11. The smallest absolute Gasteiger partial charge is 0.255 e. The highest BCUT2D eigenvalue weighted by molar-refractivity contribution is 7.92. The number of hydrogen-bond acceptors (Lipinski definition) is 3. The lowest BCUT2D eigenvalue weighted by atomic mass is 10.0. The second kappa shape index (κ2) is 7.70. The molecule has 0 unspecified atom stereocenters. The van der Waals surface area contributed by atoms with Crippen molar-refractivity contribution in [1.29, 1.82) is 0 Å². The van der Waals surface area contributed by atoms with Crippen LogP contribution in [0.1, 0.15) is 35.3 Å². The summed E-state index contributed by atoms with van der Waals surface area (Å²) in [6.45, 7) is 4.11. The predicted molar refractivity (Wildman–Crippen MR) is 103 cm³/mol. The minimum absolute atomic E-state index is 0.204. The number of carbonyl (C=O) groups excluding carboxylic acids is 1. The molecule has 0 aromatic heterocycles. The molecule has 6 heteroatoms. The van der Waals surface area contributed by atoms with Crippen LogP contribution < -0.4 is 9.62 Å². The largest absolute Gasteiger partial charge is 0.321 e. The zero-order valence-corrected chi connectivity index (χ0v) is 15.9. The van der Waals surface area contributed by atoms with Crippen LogP contribution in [0, 0.1) is 0 Å². The third kappa shape index (κ3) is 4.39. The molecule has 25 heavy (non-hydrogen) atoms. The summed E-state index contributed by atoms with van der Waals surface area (Å²) in [6, 6.07) is 12.5. The molecule has 2 rings (SSSR count). The highest BCUT2D eigenvalue weighted by Crippen LogP contribution is 2.24. The van der Waals surface area contributed by atoms with Gasteiger partial charge in [0.1, 0.15) is 0 Å². The van der Waals surface area contributed by atoms with Crippen LogP contribution in [0.3, 0.4) is 0 Å². The van der Waals surface area contributed by atoms with E-state index in [1.807, 2.05) is 18.2 Å². The van der Waals surface area contributed by atoms with Crippen molar-refractivity contribution in [1.82, 2.24) is 0 Å². The van der Waals surface area contributed by atoms with Crippen molar-refractivity contribution in [3.05, 3.63) is 59.2 Å². The van der Waals surface area contributed by atoms with Crippen LogP contribution in [-0.4, -0.2) is 27.6 Å². The molecule has 1 N–H and O–H groups in total. The van der Waals surface area contributed by atoms with E-state index in [1.165, 1.54) is 11.4 Å². The van der Waals surface area contributed by atoms with Gasteiger partial charge in [-0.3, -0.25) is 9.10 Å². The molecule has 0 fully saturated rings. The molecular formula is C19H24N2O3S. The lowest BCUT2D eigenvalue weighted by Crippen LogP contribution is -2.24. The van der Waals surface area contributed by atoms with Gasteiger partial charge >= 0.3 is 0 Å². The standard InChI is InChI=1S/C19H24N2O3S/c1-5-14-8-7-9-15(6-2)18(14)20-19(22)16-10-12-17(13-11-16)21(3)25(4,23)24/h7-13H,5-6H2,1-4H3,(H,20,22). The van der Waals surface area contributed by atoms with E-state index in [2.05, 4.69) is 19.2 Å². The van der Waals surface area contributed by atoms with Crippen LogP contribution in [0.15, 0.2) is 42.5 Å². The second-order valence-electron chi connectivity index (χ2n) is 5.89. The molecule has 2 aromatic rings. The first-order valence-corrected chi connectivity index (χ1v) is 10.1. The molecule has 0 saturated carbocycles. The van der Waals surface area contributed by atoms with Crippen LogP contribution in [0.4, 0.5) is 11.4 Å². The molecule has 0 spiro atoms. The number of anilines is 2. The number of aryl methyl sites for hydroxylation is 2. The summed E-state index contributed by atoms with van der Waals surface area (Å²) in [5.41, 5.74) is 4.07. The number of sulfonamides is 1. The Hall–Kier alpha value is -2.34. The zero-order chi connectivity index (χ0) is 18.6. The highest BCUT2D eigenvalue weighted by atomic mass is 32.2. The molecule has 0 aliphatic heterocycles. The van der Waals surface area contributed by atoms with Gasteiger partial charge in [-0.1, -0.05) is 32.0 Å². The minimum Gasteiger partial charge on any atom is -0.321 e. The molecule has 0 atom stereocenters. The van der Waals surface area contributed by atoms with Crippen molar-refractivity contribution < 1.29 is 13.2 Å². The maximum absolute atomic E-state index is 12.6. The van der Waals surface area contributed by atoms with Crippen molar-refractivity contribution in [2.75, 3.05) is 22.9 Å². The number of rotatable bonds is 6. The van der Waals surface area contributed by atoms with Crippen LogP contribution in [0.2, 0.25) is 0 Å². The van der Waals surface area contributed by atoms with E-state index in [1.54, 1.807) is 24.3 Å². The first kappa shape index (κ1) is 19.0. The van der Waals surface area contributed by atoms with E-state index in [9.17, 15) is 13.2 Å². The quantitative estimate of drug-likeness (QED) is 0.858. The van der Waals surface area contributed by atoms with Gasteiger partial charge in [0.05, 0.1) is 11.9 Å². The van der Waals surface area contributed by atoms with Gasteiger partial charge in [-0.25, -0.2) is 8.42 Å². The summed E-state index contributed by atoms with van der Waals surface area (Å²) < 4.78 is 24.3. The van der Waals surface area contributed by atoms with Crippen molar-refractivity contribution in [3.8, 4) is 0 Å². The summed E-state index contributed by atoms with van der Waals surface area (Å²) in [4.78, 5) is 12.6. The first-order valence-electron chi connectivity index (χ1n) is 8.24. The zero-order valence-electron chi connectivity index (χ0n) is 15.0. The summed E-state index contributed by atoms with van der Waals surface area (Å²) in [5, 5.41) is 3.01. The van der Waals surface area contributed by atoms with Crippen LogP contribution >= 0.6 is 0 Å². The molecule has 0 bridgehead atoms. The Kier molecular flexibility index (Phi) is 5.85. The number of nitrogens with one attached hydrogen (secondary N) is 1. The number of carbonyl (C=O) groups is 1. The third-order valence-electron chi connectivity index (χ3n) is 4.23. The molecule has 0 aliphatic carbocycles. The Morgan fingerprint density at radius 1 is 1.00 bits per heavy atom. The van der Waals surface area contributed by atoms with Gasteiger partial charge in [-0.15, -0.1) is 0 Å². The van der Waals surface area contributed by atoms with Crippen LogP contribution in [0.25, 0.3) is 0 Å². The van der Waals surface area contributed by atoms with Crippen LogP contribution in [-0.2, 0) is 22.9 Å². The number of nitrogens with zero attached hydrogens (tertiary/aromatic N) is 1. The van der Waals surface area contributed by atoms with Gasteiger partial charge < -0.3 is 5.32 Å². The molecule has 134 valence electrons. The average molecular weight is 360 g/mol. The average Bonchev–Trinajstić information content (AvgIpc) is 2.60. The van der Waals surface area contributed by atoms with Gasteiger partial charge in [0.2, 0.25) is 10.0 Å². The molecule has 5 nitrogen and oxygen atoms in total. The second-order valence-corrected chi connectivity index (χ2v) is 7.90. The van der Waals surface area contributed by atoms with Gasteiger partial charge in [0.25, 0.3) is 5.91 Å². The Bertz CT molecular complexity index is 836. The molecular weight excluding hydrogens is 336 g/mol. The predicted octanol–water partition coefficient (Wildman–Crippen LogP) is 3.46. The highest BCUT2D eigenvalue weighted by Gasteiger charge is 2.14. The number of benzene rings is 2. The molecule has 0 saturated heterocycles. The maximum atomic E-state index is 12.6. The summed E-state index contributed by atoms with van der Waals surface area (Å²) >= 11 is 0. The lowest BCUT2D eigenvalue weighted by molar-refractivity contribution is 0.102. The summed E-state index contributed by atoms with van der Waals surface area (Å²) in [5.74, 6) is -0.204. The van der Waals surface area contributed by atoms with Crippen LogP contribution in [0.5, 0.6) is 0 Å². The fraction of sp³-hybridized carbons (Fsp3) is 0.316. The van der Waals surface area contributed by atoms with E-state index in [-0.39, 0.29) is 5.91 Å². The topological polar surface area (TPSA) is 66.5 Å². The monoisotopic (exact) mass is 360 g/mol. The Balaban J connectivity index is 2.25. The number of amides is 1. The molecule has 0 heterocycles. The summed E-state index contributed by atoms with van der Waals surface area (Å²) in [6.07, 6.45) is 2.81. The van der Waals surface area contributed by atoms with E-state index < -0.39 is 10.0 Å². The molecule has 2 aromatic carbocycles. The van der Waals surface area contributed by atoms with Gasteiger partial charge in [-0.2, -0.15) is 0 Å². The normalized spacial score (nSPS) is 11.2. The van der Waals surface area contributed by atoms with E-state index in [0.717, 1.165) is 35.9 Å². The Morgan fingerprint density at radius 2 is 1.52 bits per heavy atom. The molecule has 0 aliphatic rings. The van der Waals surface area contributed by atoms with Gasteiger partial charge in [-0.05, 0) is 48.2 Å². The van der Waals surface area contributed by atoms with Crippen molar-refractivity contribution in [2.24, 2.45) is 0 Å².